The normalized spacial score (nSPS) is 10.2. The molecule has 82 valence electrons. The second-order valence-electron chi connectivity index (χ2n) is 3.37. The Morgan fingerprint density at radius 2 is 2.06 bits per heavy atom. The molecule has 1 aromatic heterocycles. The van der Waals surface area contributed by atoms with E-state index in [1.54, 1.807) is 6.07 Å². The Balaban J connectivity index is 2.51. The van der Waals surface area contributed by atoms with E-state index < -0.39 is 0 Å². The summed E-state index contributed by atoms with van der Waals surface area (Å²) in [6.45, 7) is 1.91. The third-order valence-corrected chi connectivity index (χ3v) is 2.58. The van der Waals surface area contributed by atoms with Crippen LogP contribution >= 0.6 is 15.9 Å². The van der Waals surface area contributed by atoms with E-state index in [0.717, 1.165) is 15.7 Å². The summed E-state index contributed by atoms with van der Waals surface area (Å²) in [4.78, 5) is 8.66. The molecule has 2 rings (SSSR count). The topological polar surface area (TPSA) is 63.8 Å². The Bertz CT molecular complexity index is 513. The van der Waals surface area contributed by atoms with Gasteiger partial charge in [0.15, 0.2) is 5.82 Å². The van der Waals surface area contributed by atoms with Gasteiger partial charge in [0.1, 0.15) is 5.82 Å². The molecule has 1 heterocycles. The summed E-state index contributed by atoms with van der Waals surface area (Å²) in [6, 6.07) is 9.62. The minimum Gasteiger partial charge on any atom is -0.308 e. The quantitative estimate of drug-likeness (QED) is 0.655. The molecular formula is C11H11BrN4. The first kappa shape index (κ1) is 11.0. The van der Waals surface area contributed by atoms with Crippen molar-refractivity contribution in [2.75, 3.05) is 5.43 Å². The van der Waals surface area contributed by atoms with Crippen LogP contribution in [0.4, 0.5) is 5.82 Å². The summed E-state index contributed by atoms with van der Waals surface area (Å²) in [5.41, 5.74) is 4.36. The average Bonchev–Trinajstić information content (AvgIpc) is 2.28. The molecule has 0 unspecified atom stereocenters. The van der Waals surface area contributed by atoms with Crippen LogP contribution in [0.1, 0.15) is 5.69 Å². The van der Waals surface area contributed by atoms with Crippen molar-refractivity contribution in [3.8, 4) is 11.4 Å². The van der Waals surface area contributed by atoms with Gasteiger partial charge in [-0.2, -0.15) is 0 Å². The van der Waals surface area contributed by atoms with E-state index in [9.17, 15) is 0 Å². The molecule has 0 spiro atoms. The van der Waals surface area contributed by atoms with Gasteiger partial charge in [-0.3, -0.25) is 0 Å². The molecule has 0 aliphatic carbocycles. The van der Waals surface area contributed by atoms with E-state index in [2.05, 4.69) is 31.3 Å². The molecule has 0 atom stereocenters. The van der Waals surface area contributed by atoms with E-state index in [4.69, 9.17) is 5.84 Å². The molecule has 0 aliphatic heterocycles. The molecular weight excluding hydrogens is 268 g/mol. The zero-order valence-corrected chi connectivity index (χ0v) is 10.3. The summed E-state index contributed by atoms with van der Waals surface area (Å²) >= 11 is 3.42. The number of nitrogens with zero attached hydrogens (tertiary/aromatic N) is 2. The number of aryl methyl sites for hydroxylation is 1. The number of benzene rings is 1. The van der Waals surface area contributed by atoms with Crippen molar-refractivity contribution in [2.24, 2.45) is 5.84 Å². The number of nitrogens with one attached hydrogen (secondary N) is 1. The Labute approximate surface area is 102 Å². The van der Waals surface area contributed by atoms with Crippen LogP contribution in [0.2, 0.25) is 0 Å². The van der Waals surface area contributed by atoms with Crippen molar-refractivity contribution in [3.05, 3.63) is 40.5 Å². The maximum absolute atomic E-state index is 5.35. The zero-order chi connectivity index (χ0) is 11.5. The lowest BCUT2D eigenvalue weighted by molar-refractivity contribution is 1.09. The van der Waals surface area contributed by atoms with Crippen LogP contribution in [-0.2, 0) is 0 Å². The molecule has 2 aromatic rings. The second-order valence-corrected chi connectivity index (χ2v) is 4.29. The molecule has 0 bridgehead atoms. The van der Waals surface area contributed by atoms with E-state index in [-0.39, 0.29) is 0 Å². The summed E-state index contributed by atoms with van der Waals surface area (Å²) in [6.07, 6.45) is 0. The Morgan fingerprint density at radius 3 is 2.75 bits per heavy atom. The van der Waals surface area contributed by atoms with Crippen molar-refractivity contribution >= 4 is 21.7 Å². The van der Waals surface area contributed by atoms with Gasteiger partial charge >= 0.3 is 0 Å². The number of halogens is 1. The fourth-order valence-corrected chi connectivity index (χ4v) is 1.80. The van der Waals surface area contributed by atoms with E-state index in [1.165, 1.54) is 0 Å². The highest BCUT2D eigenvalue weighted by Crippen LogP contribution is 2.21. The maximum Gasteiger partial charge on any atom is 0.161 e. The third-order valence-electron chi connectivity index (χ3n) is 2.08. The van der Waals surface area contributed by atoms with Gasteiger partial charge in [0.25, 0.3) is 0 Å². The SMILES string of the molecule is Cc1cc(NN)nc(-c2cccc(Br)c2)n1. The number of aromatic nitrogens is 2. The smallest absolute Gasteiger partial charge is 0.161 e. The molecule has 0 aliphatic rings. The van der Waals surface area contributed by atoms with Crippen LogP contribution in [0, 0.1) is 6.92 Å². The Morgan fingerprint density at radius 1 is 1.25 bits per heavy atom. The number of anilines is 1. The van der Waals surface area contributed by atoms with E-state index >= 15 is 0 Å². The van der Waals surface area contributed by atoms with Gasteiger partial charge < -0.3 is 5.43 Å². The van der Waals surface area contributed by atoms with E-state index in [0.29, 0.717) is 11.6 Å². The molecule has 0 saturated carbocycles. The number of hydrogen-bond donors (Lipinski definition) is 2. The molecule has 3 N–H and O–H groups in total. The number of nitrogens with two attached hydrogens (primary N) is 1. The average molecular weight is 279 g/mol. The molecule has 4 nitrogen and oxygen atoms in total. The number of hydrazine groups is 1. The van der Waals surface area contributed by atoms with Gasteiger partial charge in [0, 0.05) is 21.8 Å². The van der Waals surface area contributed by atoms with Crippen LogP contribution < -0.4 is 11.3 Å². The predicted octanol–water partition coefficient (Wildman–Crippen LogP) is 2.50. The number of hydrogen-bond acceptors (Lipinski definition) is 4. The van der Waals surface area contributed by atoms with Gasteiger partial charge in [0.2, 0.25) is 0 Å². The van der Waals surface area contributed by atoms with Gasteiger partial charge in [0.05, 0.1) is 0 Å². The zero-order valence-electron chi connectivity index (χ0n) is 8.74. The van der Waals surface area contributed by atoms with Crippen molar-refractivity contribution < 1.29 is 0 Å². The summed E-state index contributed by atoms with van der Waals surface area (Å²) in [5, 5.41) is 0. The molecule has 5 heteroatoms. The lowest BCUT2D eigenvalue weighted by Crippen LogP contribution is -2.09. The van der Waals surface area contributed by atoms with Gasteiger partial charge in [-0.25, -0.2) is 15.8 Å². The standard InChI is InChI=1S/C11H11BrN4/c1-7-5-10(16-13)15-11(14-7)8-3-2-4-9(12)6-8/h2-6H,13H2,1H3,(H,14,15,16). The first-order valence-electron chi connectivity index (χ1n) is 4.77. The second kappa shape index (κ2) is 4.59. The number of rotatable bonds is 2. The summed E-state index contributed by atoms with van der Waals surface area (Å²) in [7, 11) is 0. The lowest BCUT2D eigenvalue weighted by Gasteiger charge is -2.05. The van der Waals surface area contributed by atoms with Crippen LogP contribution in [-0.4, -0.2) is 9.97 Å². The van der Waals surface area contributed by atoms with Gasteiger partial charge in [-0.1, -0.05) is 28.1 Å². The summed E-state index contributed by atoms with van der Waals surface area (Å²) in [5.74, 6) is 6.62. The van der Waals surface area contributed by atoms with Crippen LogP contribution in [0.15, 0.2) is 34.8 Å². The Kier molecular flexibility index (Phi) is 3.17. The Hall–Kier alpha value is -1.46. The van der Waals surface area contributed by atoms with Gasteiger partial charge in [-0.15, -0.1) is 0 Å². The highest BCUT2D eigenvalue weighted by molar-refractivity contribution is 9.10. The number of nitrogen functional groups attached to an aromatic ring is 1. The molecule has 0 radical (unpaired) electrons. The maximum atomic E-state index is 5.35. The first-order valence-corrected chi connectivity index (χ1v) is 5.56. The van der Waals surface area contributed by atoms with E-state index in [1.807, 2.05) is 31.2 Å². The molecule has 0 saturated heterocycles. The van der Waals surface area contributed by atoms with Crippen molar-refractivity contribution in [1.29, 1.82) is 0 Å². The molecule has 0 amide bonds. The highest BCUT2D eigenvalue weighted by Gasteiger charge is 2.04. The fraction of sp³-hybridized carbons (Fsp3) is 0.0909. The van der Waals surface area contributed by atoms with Crippen LogP contribution in [0.5, 0.6) is 0 Å². The fourth-order valence-electron chi connectivity index (χ4n) is 1.40. The predicted molar refractivity (Wildman–Crippen MR) is 67.7 cm³/mol. The molecule has 16 heavy (non-hydrogen) atoms. The molecule has 0 fully saturated rings. The van der Waals surface area contributed by atoms with Gasteiger partial charge in [-0.05, 0) is 19.1 Å². The van der Waals surface area contributed by atoms with Crippen molar-refractivity contribution in [1.82, 2.24) is 9.97 Å². The minimum absolute atomic E-state index is 0.613. The highest BCUT2D eigenvalue weighted by atomic mass is 79.9. The minimum atomic E-state index is 0.613. The van der Waals surface area contributed by atoms with Crippen LogP contribution in [0.3, 0.4) is 0 Å². The monoisotopic (exact) mass is 278 g/mol. The van der Waals surface area contributed by atoms with Crippen LogP contribution in [0.25, 0.3) is 11.4 Å². The largest absolute Gasteiger partial charge is 0.308 e. The lowest BCUT2D eigenvalue weighted by atomic mass is 10.2. The van der Waals surface area contributed by atoms with Crippen molar-refractivity contribution in [3.63, 3.8) is 0 Å². The summed E-state index contributed by atoms with van der Waals surface area (Å²) < 4.78 is 0.998. The molecule has 1 aromatic carbocycles. The third kappa shape index (κ3) is 2.37. The van der Waals surface area contributed by atoms with Crippen molar-refractivity contribution in [2.45, 2.75) is 6.92 Å². The first-order chi connectivity index (χ1) is 7.69.